The number of fused-ring (bicyclic) bond motifs is 1. The van der Waals surface area contributed by atoms with Crippen molar-refractivity contribution in [3.8, 4) is 0 Å². The van der Waals surface area contributed by atoms with Crippen LogP contribution >= 0.6 is 0 Å². The summed E-state index contributed by atoms with van der Waals surface area (Å²) < 4.78 is 0. The average Bonchev–Trinajstić information content (AvgIpc) is 2.27. The minimum absolute atomic E-state index is 1.06. The molecule has 0 saturated carbocycles. The summed E-state index contributed by atoms with van der Waals surface area (Å²) in [4.78, 5) is 0. The van der Waals surface area contributed by atoms with Crippen molar-refractivity contribution in [3.05, 3.63) is 54.1 Å². The molecule has 70 valence electrons. The number of aryl methyl sites for hydroxylation is 1. The molecular weight excluding hydrogens is 168 g/mol. The predicted molar refractivity (Wildman–Crippen MR) is 63.4 cm³/mol. The van der Waals surface area contributed by atoms with E-state index >= 15 is 0 Å². The summed E-state index contributed by atoms with van der Waals surface area (Å²) in [6.45, 7) is 6.02. The highest BCUT2D eigenvalue weighted by Crippen LogP contribution is 2.21. The quantitative estimate of drug-likeness (QED) is 0.657. The maximum absolute atomic E-state index is 3.85. The van der Waals surface area contributed by atoms with Gasteiger partial charge in [0.2, 0.25) is 0 Å². The number of rotatable bonds is 2. The zero-order valence-electron chi connectivity index (χ0n) is 8.46. The summed E-state index contributed by atoms with van der Waals surface area (Å²) in [5.74, 6) is 0. The third-order valence-electron chi connectivity index (χ3n) is 2.61. The molecule has 0 radical (unpaired) electrons. The zero-order valence-corrected chi connectivity index (χ0v) is 8.46. The Bertz CT molecular complexity index is 466. The maximum atomic E-state index is 3.85. The van der Waals surface area contributed by atoms with E-state index in [2.05, 4.69) is 49.9 Å². The van der Waals surface area contributed by atoms with Crippen LogP contribution in [0.4, 0.5) is 0 Å². The van der Waals surface area contributed by atoms with Crippen LogP contribution in [0.15, 0.2) is 43.0 Å². The van der Waals surface area contributed by atoms with E-state index < -0.39 is 0 Å². The van der Waals surface area contributed by atoms with E-state index in [9.17, 15) is 0 Å². The molecule has 0 bridgehead atoms. The van der Waals surface area contributed by atoms with Gasteiger partial charge in [0.25, 0.3) is 0 Å². The number of benzene rings is 2. The first-order chi connectivity index (χ1) is 6.85. The topological polar surface area (TPSA) is 0 Å². The van der Waals surface area contributed by atoms with Crippen LogP contribution in [0.5, 0.6) is 0 Å². The lowest BCUT2D eigenvalue weighted by Crippen LogP contribution is -1.86. The number of hydrogen-bond donors (Lipinski definition) is 0. The first-order valence-electron chi connectivity index (χ1n) is 4.99. The lowest BCUT2D eigenvalue weighted by Gasteiger charge is -2.05. The summed E-state index contributed by atoms with van der Waals surface area (Å²) in [7, 11) is 0. The van der Waals surface area contributed by atoms with Gasteiger partial charge in [-0.05, 0) is 34.4 Å². The summed E-state index contributed by atoms with van der Waals surface area (Å²) in [5.41, 5.74) is 2.63. The molecular formula is C14H14. The van der Waals surface area contributed by atoms with Gasteiger partial charge in [-0.2, -0.15) is 0 Å². The van der Waals surface area contributed by atoms with Crippen LogP contribution < -0.4 is 0 Å². The summed E-state index contributed by atoms with van der Waals surface area (Å²) >= 11 is 0. The monoisotopic (exact) mass is 182 g/mol. The molecule has 0 aliphatic heterocycles. The van der Waals surface area contributed by atoms with Crippen molar-refractivity contribution >= 4 is 16.8 Å². The molecule has 0 aliphatic carbocycles. The molecule has 0 heterocycles. The Labute approximate surface area is 84.9 Å². The fourth-order valence-electron chi connectivity index (χ4n) is 1.80. The second-order valence-electron chi connectivity index (χ2n) is 3.46. The van der Waals surface area contributed by atoms with Crippen molar-refractivity contribution < 1.29 is 0 Å². The van der Waals surface area contributed by atoms with E-state index in [-0.39, 0.29) is 0 Å². The van der Waals surface area contributed by atoms with Crippen molar-refractivity contribution in [2.45, 2.75) is 13.3 Å². The van der Waals surface area contributed by atoms with Crippen LogP contribution in [0.3, 0.4) is 0 Å². The van der Waals surface area contributed by atoms with Crippen LogP contribution in [0.25, 0.3) is 16.8 Å². The van der Waals surface area contributed by atoms with Crippen LogP contribution in [-0.2, 0) is 6.42 Å². The summed E-state index contributed by atoms with van der Waals surface area (Å²) in [5, 5.41) is 2.61. The van der Waals surface area contributed by atoms with Gasteiger partial charge in [0.15, 0.2) is 0 Å². The van der Waals surface area contributed by atoms with Gasteiger partial charge >= 0.3 is 0 Å². The van der Waals surface area contributed by atoms with Crippen molar-refractivity contribution in [2.75, 3.05) is 0 Å². The Balaban J connectivity index is 2.75. The second-order valence-corrected chi connectivity index (χ2v) is 3.46. The SMILES string of the molecule is C=Cc1cc2ccccc2cc1CC. The van der Waals surface area contributed by atoms with Crippen LogP contribution in [0, 0.1) is 0 Å². The Kier molecular flexibility index (Phi) is 2.36. The summed E-state index contributed by atoms with van der Waals surface area (Å²) in [6.07, 6.45) is 3.00. The molecule has 0 unspecified atom stereocenters. The third-order valence-corrected chi connectivity index (χ3v) is 2.61. The van der Waals surface area contributed by atoms with Gasteiger partial charge in [-0.1, -0.05) is 49.9 Å². The van der Waals surface area contributed by atoms with Crippen molar-refractivity contribution in [1.82, 2.24) is 0 Å². The molecule has 0 fully saturated rings. The van der Waals surface area contributed by atoms with Crippen LogP contribution in [0.2, 0.25) is 0 Å². The standard InChI is InChI=1S/C14H14/c1-3-11-9-13-7-5-6-8-14(13)10-12(11)4-2/h3,5-10H,1,4H2,2H3. The minimum Gasteiger partial charge on any atom is -0.0985 e. The molecule has 0 aromatic heterocycles. The molecule has 14 heavy (non-hydrogen) atoms. The lowest BCUT2D eigenvalue weighted by molar-refractivity contribution is 1.14. The van der Waals surface area contributed by atoms with Gasteiger partial charge in [-0.15, -0.1) is 0 Å². The Hall–Kier alpha value is -1.56. The molecule has 0 N–H and O–H groups in total. The Morgan fingerprint density at radius 3 is 2.36 bits per heavy atom. The molecule has 0 amide bonds. The highest BCUT2D eigenvalue weighted by atomic mass is 14.0. The van der Waals surface area contributed by atoms with E-state index in [1.165, 1.54) is 21.9 Å². The van der Waals surface area contributed by atoms with Crippen LogP contribution in [0.1, 0.15) is 18.1 Å². The minimum atomic E-state index is 1.06. The predicted octanol–water partition coefficient (Wildman–Crippen LogP) is 4.05. The number of hydrogen-bond acceptors (Lipinski definition) is 0. The molecule has 0 saturated heterocycles. The van der Waals surface area contributed by atoms with E-state index in [0.717, 1.165) is 6.42 Å². The van der Waals surface area contributed by atoms with E-state index in [0.29, 0.717) is 0 Å². The Morgan fingerprint density at radius 1 is 1.14 bits per heavy atom. The molecule has 0 spiro atoms. The smallest absolute Gasteiger partial charge is 0.0178 e. The van der Waals surface area contributed by atoms with Crippen molar-refractivity contribution in [1.29, 1.82) is 0 Å². The molecule has 0 atom stereocenters. The van der Waals surface area contributed by atoms with E-state index in [4.69, 9.17) is 0 Å². The second kappa shape index (κ2) is 3.67. The summed E-state index contributed by atoms with van der Waals surface area (Å²) in [6, 6.07) is 12.9. The first-order valence-corrected chi connectivity index (χ1v) is 4.99. The lowest BCUT2D eigenvalue weighted by atomic mass is 9.99. The first kappa shape index (κ1) is 9.01. The molecule has 0 heteroatoms. The average molecular weight is 182 g/mol. The molecule has 2 aromatic carbocycles. The third kappa shape index (κ3) is 1.44. The zero-order chi connectivity index (χ0) is 9.97. The Morgan fingerprint density at radius 2 is 1.79 bits per heavy atom. The van der Waals surface area contributed by atoms with Gasteiger partial charge in [0, 0.05) is 0 Å². The molecule has 2 rings (SSSR count). The van der Waals surface area contributed by atoms with Crippen LogP contribution in [-0.4, -0.2) is 0 Å². The highest BCUT2D eigenvalue weighted by molar-refractivity contribution is 5.85. The normalized spacial score (nSPS) is 10.4. The van der Waals surface area contributed by atoms with Gasteiger partial charge in [-0.25, -0.2) is 0 Å². The van der Waals surface area contributed by atoms with E-state index in [1.54, 1.807) is 0 Å². The largest absolute Gasteiger partial charge is 0.0985 e. The fraction of sp³-hybridized carbons (Fsp3) is 0.143. The molecule has 2 aromatic rings. The van der Waals surface area contributed by atoms with Gasteiger partial charge in [0.1, 0.15) is 0 Å². The van der Waals surface area contributed by atoms with Gasteiger partial charge < -0.3 is 0 Å². The molecule has 0 aliphatic rings. The molecule has 0 nitrogen and oxygen atoms in total. The van der Waals surface area contributed by atoms with E-state index in [1.807, 2.05) is 6.08 Å². The fourth-order valence-corrected chi connectivity index (χ4v) is 1.80. The van der Waals surface area contributed by atoms with Crippen molar-refractivity contribution in [2.24, 2.45) is 0 Å². The van der Waals surface area contributed by atoms with Crippen molar-refractivity contribution in [3.63, 3.8) is 0 Å². The highest BCUT2D eigenvalue weighted by Gasteiger charge is 1.99. The van der Waals surface area contributed by atoms with Gasteiger partial charge in [-0.3, -0.25) is 0 Å². The maximum Gasteiger partial charge on any atom is -0.0178 e. The van der Waals surface area contributed by atoms with Gasteiger partial charge in [0.05, 0.1) is 0 Å².